The van der Waals surface area contributed by atoms with Crippen LogP contribution in [0.2, 0.25) is 0 Å². The number of benzene rings is 2. The van der Waals surface area contributed by atoms with Crippen molar-refractivity contribution < 1.29 is 4.79 Å². The molecule has 5 nitrogen and oxygen atoms in total. The van der Waals surface area contributed by atoms with Gasteiger partial charge >= 0.3 is 0 Å². The molecule has 6 heteroatoms. The van der Waals surface area contributed by atoms with Crippen molar-refractivity contribution in [3.05, 3.63) is 77.6 Å². The van der Waals surface area contributed by atoms with E-state index in [2.05, 4.69) is 11.2 Å². The number of carbonyl (C=O) groups excluding carboxylic acids is 1. The summed E-state index contributed by atoms with van der Waals surface area (Å²) in [6, 6.07) is 17.8. The summed E-state index contributed by atoms with van der Waals surface area (Å²) in [4.78, 5) is 20.1. The van der Waals surface area contributed by atoms with Gasteiger partial charge in [0.2, 0.25) is 0 Å². The van der Waals surface area contributed by atoms with Gasteiger partial charge in [0.05, 0.1) is 21.9 Å². The molecule has 2 aromatic heterocycles. The second-order valence-electron chi connectivity index (χ2n) is 7.03. The lowest BCUT2D eigenvalue weighted by atomic mass is 10.0. The standard InChI is InChI=1S/C22H20N4OS/c27-22(16-9-11-17(12-10-16)26-15-5-13-23-26)25-14-4-3-7-19(25)21-24-18-6-1-2-8-20(18)28-21/h1-2,5-6,8-13,15,19H,3-4,7,14H2. The molecule has 1 aliphatic rings. The lowest BCUT2D eigenvalue weighted by Crippen LogP contribution is -2.38. The van der Waals surface area contributed by atoms with Gasteiger partial charge in [0.1, 0.15) is 5.01 Å². The maximum absolute atomic E-state index is 13.3. The number of hydrogen-bond acceptors (Lipinski definition) is 4. The molecule has 1 amide bonds. The summed E-state index contributed by atoms with van der Waals surface area (Å²) in [5.74, 6) is 0.0796. The van der Waals surface area contributed by atoms with Crippen LogP contribution in [0, 0.1) is 0 Å². The van der Waals surface area contributed by atoms with Crippen LogP contribution >= 0.6 is 11.3 Å². The second kappa shape index (κ2) is 7.20. The molecule has 0 aliphatic carbocycles. The van der Waals surface area contributed by atoms with Crippen LogP contribution in [0.3, 0.4) is 0 Å². The Morgan fingerprint density at radius 1 is 1.04 bits per heavy atom. The highest BCUT2D eigenvalue weighted by atomic mass is 32.1. The zero-order chi connectivity index (χ0) is 18.9. The highest BCUT2D eigenvalue weighted by molar-refractivity contribution is 7.18. The van der Waals surface area contributed by atoms with Crippen LogP contribution in [0.4, 0.5) is 0 Å². The first-order valence-corrected chi connectivity index (χ1v) is 10.4. The van der Waals surface area contributed by atoms with E-state index in [-0.39, 0.29) is 11.9 Å². The fourth-order valence-electron chi connectivity index (χ4n) is 3.81. The van der Waals surface area contributed by atoms with E-state index in [1.807, 2.05) is 59.6 Å². The van der Waals surface area contributed by atoms with E-state index < -0.39 is 0 Å². The van der Waals surface area contributed by atoms with E-state index >= 15 is 0 Å². The second-order valence-corrected chi connectivity index (χ2v) is 8.09. The van der Waals surface area contributed by atoms with Gasteiger partial charge in [-0.2, -0.15) is 5.10 Å². The van der Waals surface area contributed by atoms with Gasteiger partial charge < -0.3 is 4.90 Å². The minimum Gasteiger partial charge on any atom is -0.329 e. The van der Waals surface area contributed by atoms with Crippen LogP contribution in [0.5, 0.6) is 0 Å². The van der Waals surface area contributed by atoms with Gasteiger partial charge in [-0.3, -0.25) is 4.79 Å². The molecular formula is C22H20N4OS. The van der Waals surface area contributed by atoms with Crippen LogP contribution in [-0.2, 0) is 0 Å². The zero-order valence-electron chi connectivity index (χ0n) is 15.4. The average Bonchev–Trinajstić information content (AvgIpc) is 3.43. The maximum atomic E-state index is 13.3. The minimum atomic E-state index is 0.0597. The molecule has 0 spiro atoms. The van der Waals surface area contributed by atoms with E-state index in [0.29, 0.717) is 5.56 Å². The van der Waals surface area contributed by atoms with Crippen molar-refractivity contribution in [2.24, 2.45) is 0 Å². The van der Waals surface area contributed by atoms with Gasteiger partial charge in [-0.1, -0.05) is 12.1 Å². The van der Waals surface area contributed by atoms with Crippen LogP contribution in [-0.4, -0.2) is 32.1 Å². The Morgan fingerprint density at radius 2 is 1.89 bits per heavy atom. The average molecular weight is 388 g/mol. The van der Waals surface area contributed by atoms with Crippen LogP contribution in [0.25, 0.3) is 15.9 Å². The third-order valence-electron chi connectivity index (χ3n) is 5.24. The number of nitrogens with zero attached hydrogens (tertiary/aromatic N) is 4. The summed E-state index contributed by atoms with van der Waals surface area (Å²) in [5.41, 5.74) is 2.68. The van der Waals surface area contributed by atoms with Gasteiger partial charge in [0.25, 0.3) is 5.91 Å². The molecule has 3 heterocycles. The number of carbonyl (C=O) groups is 1. The van der Waals surface area contributed by atoms with Crippen molar-refractivity contribution >= 4 is 27.5 Å². The summed E-state index contributed by atoms with van der Waals surface area (Å²) in [5, 5.41) is 5.28. The molecule has 0 N–H and O–H groups in total. The highest BCUT2D eigenvalue weighted by Crippen LogP contribution is 2.36. The summed E-state index contributed by atoms with van der Waals surface area (Å²) in [6.07, 6.45) is 6.78. The Hall–Kier alpha value is -2.99. The monoisotopic (exact) mass is 388 g/mol. The molecule has 0 saturated carbocycles. The third kappa shape index (κ3) is 3.10. The maximum Gasteiger partial charge on any atom is 0.254 e. The molecule has 1 atom stereocenters. The molecule has 0 radical (unpaired) electrons. The first-order chi connectivity index (χ1) is 13.8. The summed E-state index contributed by atoms with van der Waals surface area (Å²) >= 11 is 1.70. The lowest BCUT2D eigenvalue weighted by molar-refractivity contribution is 0.0611. The Kier molecular flexibility index (Phi) is 4.41. The fourth-order valence-corrected chi connectivity index (χ4v) is 4.92. The number of piperidine rings is 1. The van der Waals surface area contributed by atoms with Crippen molar-refractivity contribution in [2.75, 3.05) is 6.54 Å². The Labute approximate surface area is 167 Å². The summed E-state index contributed by atoms with van der Waals surface area (Å²) in [6.45, 7) is 0.778. The highest BCUT2D eigenvalue weighted by Gasteiger charge is 2.30. The predicted octanol–water partition coefficient (Wildman–Crippen LogP) is 4.85. The number of fused-ring (bicyclic) bond motifs is 1. The van der Waals surface area contributed by atoms with Crippen LogP contribution < -0.4 is 0 Å². The summed E-state index contributed by atoms with van der Waals surface area (Å²) < 4.78 is 2.97. The van der Waals surface area contributed by atoms with Gasteiger partial charge in [-0.15, -0.1) is 11.3 Å². The molecule has 28 heavy (non-hydrogen) atoms. The van der Waals surface area contributed by atoms with Crippen molar-refractivity contribution in [2.45, 2.75) is 25.3 Å². The molecule has 1 fully saturated rings. The Balaban J connectivity index is 1.43. The molecule has 1 unspecified atom stereocenters. The number of amides is 1. The van der Waals surface area contributed by atoms with Crippen LogP contribution in [0.1, 0.15) is 40.7 Å². The van der Waals surface area contributed by atoms with Crippen molar-refractivity contribution in [1.82, 2.24) is 19.7 Å². The quantitative estimate of drug-likeness (QED) is 0.504. The number of likely N-dealkylation sites (tertiary alicyclic amines) is 1. The predicted molar refractivity (Wildman–Crippen MR) is 111 cm³/mol. The molecule has 4 aromatic rings. The number of hydrogen-bond donors (Lipinski definition) is 0. The molecule has 5 rings (SSSR count). The molecule has 140 valence electrons. The topological polar surface area (TPSA) is 51.0 Å². The number of rotatable bonds is 3. The van der Waals surface area contributed by atoms with Crippen molar-refractivity contribution in [3.8, 4) is 5.69 Å². The first-order valence-electron chi connectivity index (χ1n) is 9.56. The Bertz CT molecular complexity index is 1070. The van der Waals surface area contributed by atoms with E-state index in [9.17, 15) is 4.79 Å². The molecule has 1 saturated heterocycles. The van der Waals surface area contributed by atoms with Gasteiger partial charge in [-0.25, -0.2) is 9.67 Å². The smallest absolute Gasteiger partial charge is 0.254 e. The molecule has 2 aromatic carbocycles. The Morgan fingerprint density at radius 3 is 2.68 bits per heavy atom. The zero-order valence-corrected chi connectivity index (χ0v) is 16.2. The van der Waals surface area contributed by atoms with Gasteiger partial charge in [0, 0.05) is 24.5 Å². The molecule has 1 aliphatic heterocycles. The number of para-hydroxylation sites is 1. The van der Waals surface area contributed by atoms with Crippen molar-refractivity contribution in [1.29, 1.82) is 0 Å². The van der Waals surface area contributed by atoms with Gasteiger partial charge in [0.15, 0.2) is 0 Å². The largest absolute Gasteiger partial charge is 0.329 e. The van der Waals surface area contributed by atoms with Gasteiger partial charge in [-0.05, 0) is 61.7 Å². The van der Waals surface area contributed by atoms with E-state index in [4.69, 9.17) is 4.98 Å². The third-order valence-corrected chi connectivity index (χ3v) is 6.38. The number of thiazole rings is 1. The first kappa shape index (κ1) is 17.1. The minimum absolute atomic E-state index is 0.0597. The lowest BCUT2D eigenvalue weighted by Gasteiger charge is -2.34. The van der Waals surface area contributed by atoms with E-state index in [1.54, 1.807) is 22.2 Å². The van der Waals surface area contributed by atoms with E-state index in [0.717, 1.165) is 42.0 Å². The summed E-state index contributed by atoms with van der Waals surface area (Å²) in [7, 11) is 0. The van der Waals surface area contributed by atoms with Crippen LogP contribution in [0.15, 0.2) is 67.0 Å². The van der Waals surface area contributed by atoms with Crippen molar-refractivity contribution in [3.63, 3.8) is 0 Å². The fraction of sp³-hybridized carbons (Fsp3) is 0.227. The van der Waals surface area contributed by atoms with E-state index in [1.165, 1.54) is 4.70 Å². The SMILES string of the molecule is O=C(c1ccc(-n2cccn2)cc1)N1CCCCC1c1nc2ccccc2s1. The normalized spacial score (nSPS) is 17.1. The molecular weight excluding hydrogens is 368 g/mol. The molecule has 0 bridgehead atoms. The number of aromatic nitrogens is 3.